The van der Waals surface area contributed by atoms with Crippen molar-refractivity contribution in [2.45, 2.75) is 68.5 Å². The SMILES string of the molecule is C[C@@H]1S[C@@H]2[C@H](NC(=O)Cc3ccccc3)C(=O)N2[C@@]2(C(=O)OC(C)(C)C)OC(=O)C[C@@H]12. The van der Waals surface area contributed by atoms with Gasteiger partial charge >= 0.3 is 11.9 Å². The molecule has 8 nitrogen and oxygen atoms in total. The van der Waals surface area contributed by atoms with Gasteiger partial charge in [-0.1, -0.05) is 37.3 Å². The number of fused-ring (bicyclic) bond motifs is 3. The second kappa shape index (κ2) is 7.55. The van der Waals surface area contributed by atoms with Gasteiger partial charge in [-0.05, 0) is 26.3 Å². The summed E-state index contributed by atoms with van der Waals surface area (Å²) in [5.74, 6) is -2.52. The van der Waals surface area contributed by atoms with E-state index in [0.29, 0.717) is 0 Å². The Morgan fingerprint density at radius 3 is 2.58 bits per heavy atom. The molecule has 166 valence electrons. The van der Waals surface area contributed by atoms with Crippen LogP contribution < -0.4 is 5.32 Å². The van der Waals surface area contributed by atoms with Crippen molar-refractivity contribution in [3.8, 4) is 0 Å². The lowest BCUT2D eigenvalue weighted by Gasteiger charge is -2.58. The molecule has 3 aliphatic rings. The third-order valence-electron chi connectivity index (χ3n) is 5.70. The van der Waals surface area contributed by atoms with Gasteiger partial charge in [-0.2, -0.15) is 0 Å². The minimum atomic E-state index is -1.78. The standard InChI is InChI=1S/C22H26N2O6S/c1-12-14-11-16(26)29-22(14,20(28)30-21(2,3)4)24-18(27)17(19(24)31-12)23-15(25)10-13-8-6-5-7-9-13/h5-9,12,14,17,19H,10-11H2,1-4H3,(H,23,25)/t12-,14-,17+,19+,22+/m0/s1. The highest BCUT2D eigenvalue weighted by molar-refractivity contribution is 8.00. The molecule has 2 amide bonds. The van der Waals surface area contributed by atoms with Gasteiger partial charge in [0.05, 0.1) is 18.8 Å². The van der Waals surface area contributed by atoms with Crippen LogP contribution in [0.2, 0.25) is 0 Å². The van der Waals surface area contributed by atoms with Crippen LogP contribution in [-0.4, -0.2) is 56.6 Å². The average Bonchev–Trinajstić information content (AvgIpc) is 3.04. The molecule has 3 heterocycles. The van der Waals surface area contributed by atoms with E-state index in [1.165, 1.54) is 16.7 Å². The fourth-order valence-electron chi connectivity index (χ4n) is 4.37. The molecule has 1 aromatic carbocycles. The number of nitrogens with one attached hydrogen (secondary N) is 1. The van der Waals surface area contributed by atoms with Gasteiger partial charge in [-0.3, -0.25) is 19.3 Å². The van der Waals surface area contributed by atoms with Gasteiger partial charge in [0.1, 0.15) is 17.0 Å². The number of esters is 2. The second-order valence-corrected chi connectivity index (χ2v) is 10.6. The number of benzene rings is 1. The van der Waals surface area contributed by atoms with Crippen molar-refractivity contribution in [2.24, 2.45) is 5.92 Å². The maximum Gasteiger partial charge on any atom is 0.373 e. The number of amides is 2. The Hall–Kier alpha value is -2.55. The highest BCUT2D eigenvalue weighted by Gasteiger charge is 2.73. The summed E-state index contributed by atoms with van der Waals surface area (Å²) >= 11 is 1.46. The number of carbonyl (C=O) groups is 4. The van der Waals surface area contributed by atoms with Gasteiger partial charge in [-0.15, -0.1) is 11.8 Å². The first kappa shape index (κ1) is 21.7. The highest BCUT2D eigenvalue weighted by atomic mass is 32.2. The van der Waals surface area contributed by atoms with Crippen LogP contribution in [0.5, 0.6) is 0 Å². The Morgan fingerprint density at radius 1 is 1.26 bits per heavy atom. The van der Waals surface area contributed by atoms with E-state index < -0.39 is 46.5 Å². The lowest BCUT2D eigenvalue weighted by molar-refractivity contribution is -0.227. The smallest absolute Gasteiger partial charge is 0.373 e. The van der Waals surface area contributed by atoms with E-state index in [0.717, 1.165) is 5.56 Å². The van der Waals surface area contributed by atoms with E-state index in [2.05, 4.69) is 5.32 Å². The second-order valence-electron chi connectivity index (χ2n) is 9.13. The van der Waals surface area contributed by atoms with Crippen LogP contribution in [0.4, 0.5) is 0 Å². The van der Waals surface area contributed by atoms with Crippen LogP contribution >= 0.6 is 11.8 Å². The maximum absolute atomic E-state index is 13.2. The average molecular weight is 447 g/mol. The zero-order chi connectivity index (χ0) is 22.6. The van der Waals surface area contributed by atoms with Gasteiger partial charge in [0.2, 0.25) is 5.91 Å². The zero-order valence-corrected chi connectivity index (χ0v) is 18.7. The van der Waals surface area contributed by atoms with Gasteiger partial charge in [0, 0.05) is 5.25 Å². The van der Waals surface area contributed by atoms with E-state index in [9.17, 15) is 19.2 Å². The number of thioether (sulfide) groups is 1. The van der Waals surface area contributed by atoms with E-state index in [-0.39, 0.29) is 24.0 Å². The molecule has 0 spiro atoms. The van der Waals surface area contributed by atoms with Crippen molar-refractivity contribution >= 4 is 35.5 Å². The molecular weight excluding hydrogens is 420 g/mol. The van der Waals surface area contributed by atoms with Crippen molar-refractivity contribution < 1.29 is 28.7 Å². The molecule has 0 radical (unpaired) electrons. The predicted molar refractivity (Wildman–Crippen MR) is 113 cm³/mol. The van der Waals surface area contributed by atoms with Crippen LogP contribution in [0.25, 0.3) is 0 Å². The fourth-order valence-corrected chi connectivity index (χ4v) is 6.01. The number of ether oxygens (including phenoxy) is 2. The molecule has 1 N–H and O–H groups in total. The van der Waals surface area contributed by atoms with Crippen molar-refractivity contribution in [3.05, 3.63) is 35.9 Å². The zero-order valence-electron chi connectivity index (χ0n) is 17.9. The summed E-state index contributed by atoms with van der Waals surface area (Å²) in [6.07, 6.45) is 0.182. The Kier molecular flexibility index (Phi) is 5.28. The molecular formula is C22H26N2O6S. The summed E-state index contributed by atoms with van der Waals surface area (Å²) in [5, 5.41) is 2.12. The van der Waals surface area contributed by atoms with Crippen LogP contribution in [0.3, 0.4) is 0 Å². The number of β-lactam (4-membered cyclic amide) rings is 1. The Morgan fingerprint density at radius 2 is 1.94 bits per heavy atom. The summed E-state index contributed by atoms with van der Waals surface area (Å²) in [7, 11) is 0. The van der Waals surface area contributed by atoms with Crippen molar-refractivity contribution in [2.75, 3.05) is 0 Å². The highest BCUT2D eigenvalue weighted by Crippen LogP contribution is 2.55. The third-order valence-corrected chi connectivity index (χ3v) is 7.22. The largest absolute Gasteiger partial charge is 0.456 e. The van der Waals surface area contributed by atoms with Crippen LogP contribution in [0, 0.1) is 5.92 Å². The molecule has 5 atom stereocenters. The number of nitrogens with zero attached hydrogens (tertiary/aromatic N) is 1. The maximum atomic E-state index is 13.2. The quantitative estimate of drug-likeness (QED) is 0.554. The van der Waals surface area contributed by atoms with E-state index in [4.69, 9.17) is 9.47 Å². The molecule has 0 saturated carbocycles. The fraction of sp³-hybridized carbons (Fsp3) is 0.545. The molecule has 4 rings (SSSR count). The minimum Gasteiger partial charge on any atom is -0.456 e. The normalized spacial score (nSPS) is 31.8. The number of carbonyl (C=O) groups excluding carboxylic acids is 4. The van der Waals surface area contributed by atoms with Gasteiger partial charge in [0.25, 0.3) is 11.6 Å². The van der Waals surface area contributed by atoms with Crippen molar-refractivity contribution in [3.63, 3.8) is 0 Å². The molecule has 3 saturated heterocycles. The summed E-state index contributed by atoms with van der Waals surface area (Å²) < 4.78 is 11.1. The Labute approximate surface area is 185 Å². The predicted octanol–water partition coefficient (Wildman–Crippen LogP) is 1.62. The summed E-state index contributed by atoms with van der Waals surface area (Å²) in [6, 6.07) is 8.44. The first-order chi connectivity index (χ1) is 14.5. The van der Waals surface area contributed by atoms with Crippen molar-refractivity contribution in [1.29, 1.82) is 0 Å². The van der Waals surface area contributed by atoms with Gasteiger partial charge < -0.3 is 14.8 Å². The minimum absolute atomic E-state index is 0.0366. The molecule has 9 heteroatoms. The molecule has 0 bridgehead atoms. The molecule has 0 unspecified atom stereocenters. The number of rotatable bonds is 4. The molecule has 3 aliphatic heterocycles. The molecule has 3 fully saturated rings. The molecule has 0 aliphatic carbocycles. The Bertz CT molecular complexity index is 930. The van der Waals surface area contributed by atoms with Crippen LogP contribution in [-0.2, 0) is 35.1 Å². The van der Waals surface area contributed by atoms with Crippen LogP contribution in [0.1, 0.15) is 39.7 Å². The van der Waals surface area contributed by atoms with Gasteiger partial charge in [0.15, 0.2) is 0 Å². The van der Waals surface area contributed by atoms with E-state index in [1.807, 2.05) is 37.3 Å². The lowest BCUT2D eigenvalue weighted by Crippen LogP contribution is -2.81. The summed E-state index contributed by atoms with van der Waals surface area (Å²) in [4.78, 5) is 52.4. The van der Waals surface area contributed by atoms with Gasteiger partial charge in [-0.25, -0.2) is 4.79 Å². The first-order valence-electron chi connectivity index (χ1n) is 10.3. The van der Waals surface area contributed by atoms with Crippen molar-refractivity contribution in [1.82, 2.24) is 10.2 Å². The lowest BCUT2D eigenvalue weighted by atomic mass is 9.86. The van der Waals surface area contributed by atoms with E-state index >= 15 is 0 Å². The van der Waals surface area contributed by atoms with Crippen LogP contribution in [0.15, 0.2) is 30.3 Å². The summed E-state index contributed by atoms with van der Waals surface area (Å²) in [5.41, 5.74) is -1.76. The molecule has 0 aromatic heterocycles. The monoisotopic (exact) mass is 446 g/mol. The molecule has 31 heavy (non-hydrogen) atoms. The first-order valence-corrected chi connectivity index (χ1v) is 11.2. The third kappa shape index (κ3) is 3.69. The number of hydrogen-bond donors (Lipinski definition) is 1. The summed E-state index contributed by atoms with van der Waals surface area (Å²) in [6.45, 7) is 7.06. The molecule has 1 aromatic rings. The number of hydrogen-bond acceptors (Lipinski definition) is 7. The topological polar surface area (TPSA) is 102 Å². The van der Waals surface area contributed by atoms with E-state index in [1.54, 1.807) is 20.8 Å². The Balaban J connectivity index is 1.57.